The Balaban J connectivity index is 1.66. The lowest BCUT2D eigenvalue weighted by Gasteiger charge is -2.26. The van der Waals surface area contributed by atoms with Gasteiger partial charge < -0.3 is 21.3 Å². The Morgan fingerprint density at radius 1 is 1.50 bits per heavy atom. The molecule has 0 aromatic carbocycles. The van der Waals surface area contributed by atoms with Crippen molar-refractivity contribution in [2.45, 2.75) is 19.8 Å². The fraction of sp³-hybridized carbons (Fsp3) is 0.692. The minimum absolute atomic E-state index is 0.0884. The average Bonchev–Trinajstić information content (AvgIpc) is 3.07. The first-order chi connectivity index (χ1) is 9.57. The van der Waals surface area contributed by atoms with Crippen LogP contribution in [0.15, 0.2) is 0 Å². The smallest absolute Gasteiger partial charge is 0.265 e. The summed E-state index contributed by atoms with van der Waals surface area (Å²) in [6.07, 6.45) is 2.38. The Morgan fingerprint density at radius 3 is 2.85 bits per heavy atom. The number of carbonyl (C=O) groups excluding carboxylic acids is 1. The van der Waals surface area contributed by atoms with Gasteiger partial charge >= 0.3 is 0 Å². The van der Waals surface area contributed by atoms with Gasteiger partial charge in [0.1, 0.15) is 10.7 Å². The molecular weight excluding hydrogens is 274 g/mol. The van der Waals surface area contributed by atoms with E-state index in [-0.39, 0.29) is 5.91 Å². The molecule has 7 heteroatoms. The molecule has 2 aliphatic rings. The summed E-state index contributed by atoms with van der Waals surface area (Å²) in [6.45, 7) is 6.62. The van der Waals surface area contributed by atoms with Crippen molar-refractivity contribution in [1.82, 2.24) is 15.6 Å². The van der Waals surface area contributed by atoms with Crippen LogP contribution in [0.2, 0.25) is 0 Å². The number of nitrogens with two attached hydrogens (primary N) is 1. The van der Waals surface area contributed by atoms with Gasteiger partial charge in [-0.25, -0.2) is 4.98 Å². The molecule has 0 unspecified atom stereocenters. The first-order valence-corrected chi connectivity index (χ1v) is 7.89. The highest BCUT2D eigenvalue weighted by molar-refractivity contribution is 7.18. The number of thiazole rings is 1. The topological polar surface area (TPSA) is 83.3 Å². The molecule has 1 saturated heterocycles. The van der Waals surface area contributed by atoms with Gasteiger partial charge in [0.15, 0.2) is 5.13 Å². The Hall–Kier alpha value is -1.34. The second-order valence-electron chi connectivity index (χ2n) is 5.94. The fourth-order valence-corrected chi connectivity index (χ4v) is 3.19. The molecule has 20 heavy (non-hydrogen) atoms. The van der Waals surface area contributed by atoms with E-state index in [4.69, 9.17) is 5.73 Å². The summed E-state index contributed by atoms with van der Waals surface area (Å²) in [5, 5.41) is 7.13. The van der Waals surface area contributed by atoms with Crippen molar-refractivity contribution in [1.29, 1.82) is 0 Å². The molecule has 4 N–H and O–H groups in total. The maximum Gasteiger partial charge on any atom is 0.265 e. The van der Waals surface area contributed by atoms with Crippen LogP contribution >= 0.6 is 11.3 Å². The zero-order chi connectivity index (χ0) is 14.2. The Kier molecular flexibility index (Phi) is 3.55. The third kappa shape index (κ3) is 2.88. The van der Waals surface area contributed by atoms with Crippen molar-refractivity contribution in [2.75, 3.05) is 43.4 Å². The number of anilines is 2. The van der Waals surface area contributed by atoms with E-state index in [2.05, 4.69) is 27.4 Å². The molecule has 3 rings (SSSR count). The van der Waals surface area contributed by atoms with Crippen LogP contribution in [-0.4, -0.2) is 43.6 Å². The minimum atomic E-state index is -0.0884. The molecule has 0 spiro atoms. The van der Waals surface area contributed by atoms with Crippen LogP contribution in [0.1, 0.15) is 29.4 Å². The van der Waals surface area contributed by atoms with Crippen molar-refractivity contribution < 1.29 is 4.79 Å². The second-order valence-corrected chi connectivity index (χ2v) is 6.92. The number of carbonyl (C=O) groups is 1. The van der Waals surface area contributed by atoms with Crippen molar-refractivity contribution in [3.05, 3.63) is 4.88 Å². The molecule has 0 bridgehead atoms. The second kappa shape index (κ2) is 5.21. The zero-order valence-corrected chi connectivity index (χ0v) is 12.6. The highest BCUT2D eigenvalue weighted by atomic mass is 32.1. The van der Waals surface area contributed by atoms with Gasteiger partial charge in [0.2, 0.25) is 0 Å². The molecule has 6 nitrogen and oxygen atoms in total. The highest BCUT2D eigenvalue weighted by Crippen LogP contribution is 2.44. The summed E-state index contributed by atoms with van der Waals surface area (Å²) < 4.78 is 0. The molecule has 1 amide bonds. The lowest BCUT2D eigenvalue weighted by Crippen LogP contribution is -2.43. The third-order valence-corrected chi connectivity index (χ3v) is 5.15. The van der Waals surface area contributed by atoms with E-state index in [1.807, 2.05) is 0 Å². The van der Waals surface area contributed by atoms with Crippen molar-refractivity contribution in [3.8, 4) is 0 Å². The van der Waals surface area contributed by atoms with Crippen LogP contribution in [0, 0.1) is 5.41 Å². The van der Waals surface area contributed by atoms with E-state index < -0.39 is 0 Å². The molecule has 2 heterocycles. The van der Waals surface area contributed by atoms with E-state index in [1.54, 1.807) is 0 Å². The standard InChI is InChI=1S/C13H21N5OS/c1-13(2-3-13)8-16-11(19)9-10(14)17-12(20-9)18-6-4-15-5-7-18/h15H,2-8,14H2,1H3,(H,16,19). The van der Waals surface area contributed by atoms with Crippen LogP contribution < -0.4 is 21.3 Å². The summed E-state index contributed by atoms with van der Waals surface area (Å²) in [4.78, 5) is 19.3. The molecule has 2 fully saturated rings. The van der Waals surface area contributed by atoms with Gasteiger partial charge in [-0.2, -0.15) is 0 Å². The van der Waals surface area contributed by atoms with E-state index in [1.165, 1.54) is 24.2 Å². The summed E-state index contributed by atoms with van der Waals surface area (Å²) in [5.74, 6) is 0.261. The number of nitrogens with zero attached hydrogens (tertiary/aromatic N) is 2. The summed E-state index contributed by atoms with van der Waals surface area (Å²) in [6, 6.07) is 0. The molecule has 110 valence electrons. The Labute approximate surface area is 122 Å². The summed E-state index contributed by atoms with van der Waals surface area (Å²) >= 11 is 1.40. The van der Waals surface area contributed by atoms with Gasteiger partial charge in [0.25, 0.3) is 5.91 Å². The van der Waals surface area contributed by atoms with E-state index in [0.717, 1.165) is 37.9 Å². The number of nitrogen functional groups attached to an aromatic ring is 1. The van der Waals surface area contributed by atoms with Crippen LogP contribution in [0.5, 0.6) is 0 Å². The molecule has 1 aromatic rings. The molecular formula is C13H21N5OS. The molecule has 1 aliphatic heterocycles. The molecule has 1 saturated carbocycles. The van der Waals surface area contributed by atoms with Crippen molar-refractivity contribution >= 4 is 28.2 Å². The van der Waals surface area contributed by atoms with Crippen molar-refractivity contribution in [3.63, 3.8) is 0 Å². The normalized spacial score (nSPS) is 20.8. The largest absolute Gasteiger partial charge is 0.382 e. The predicted molar refractivity (Wildman–Crippen MR) is 81.3 cm³/mol. The van der Waals surface area contributed by atoms with Crippen LogP contribution in [0.25, 0.3) is 0 Å². The third-order valence-electron chi connectivity index (χ3n) is 4.02. The van der Waals surface area contributed by atoms with Gasteiger partial charge in [-0.05, 0) is 18.3 Å². The lowest BCUT2D eigenvalue weighted by molar-refractivity contribution is 0.0951. The van der Waals surface area contributed by atoms with E-state index in [0.29, 0.717) is 16.1 Å². The monoisotopic (exact) mass is 295 g/mol. The number of hydrogen-bond donors (Lipinski definition) is 3. The SMILES string of the molecule is CC1(CNC(=O)c2sc(N3CCNCC3)nc2N)CC1. The van der Waals surface area contributed by atoms with E-state index in [9.17, 15) is 4.79 Å². The maximum atomic E-state index is 12.2. The highest BCUT2D eigenvalue weighted by Gasteiger charge is 2.37. The fourth-order valence-electron chi connectivity index (χ4n) is 2.24. The van der Waals surface area contributed by atoms with E-state index >= 15 is 0 Å². The van der Waals surface area contributed by atoms with Gasteiger partial charge in [-0.1, -0.05) is 18.3 Å². The Bertz CT molecular complexity index is 505. The van der Waals surface area contributed by atoms with Gasteiger partial charge in [0, 0.05) is 32.7 Å². The molecule has 0 atom stereocenters. The lowest BCUT2D eigenvalue weighted by atomic mass is 10.1. The van der Waals surface area contributed by atoms with Crippen LogP contribution in [0.3, 0.4) is 0 Å². The van der Waals surface area contributed by atoms with Gasteiger partial charge in [-0.15, -0.1) is 0 Å². The molecule has 0 radical (unpaired) electrons. The summed E-state index contributed by atoms with van der Waals surface area (Å²) in [7, 11) is 0. The average molecular weight is 295 g/mol. The molecule has 1 aromatic heterocycles. The number of hydrogen-bond acceptors (Lipinski definition) is 6. The number of nitrogens with one attached hydrogen (secondary N) is 2. The minimum Gasteiger partial charge on any atom is -0.382 e. The predicted octanol–water partition coefficient (Wildman–Crippen LogP) is 0.665. The van der Waals surface area contributed by atoms with Crippen LogP contribution in [-0.2, 0) is 0 Å². The van der Waals surface area contributed by atoms with Gasteiger partial charge in [0.05, 0.1) is 0 Å². The number of aromatic nitrogens is 1. The number of rotatable bonds is 4. The van der Waals surface area contributed by atoms with Gasteiger partial charge in [-0.3, -0.25) is 4.79 Å². The quantitative estimate of drug-likeness (QED) is 0.760. The first kappa shape index (κ1) is 13.6. The maximum absolute atomic E-state index is 12.2. The number of amides is 1. The summed E-state index contributed by atoms with van der Waals surface area (Å²) in [5.41, 5.74) is 6.20. The first-order valence-electron chi connectivity index (χ1n) is 7.08. The molecule has 1 aliphatic carbocycles. The number of piperazine rings is 1. The zero-order valence-electron chi connectivity index (χ0n) is 11.7. The Morgan fingerprint density at radius 2 is 2.20 bits per heavy atom. The van der Waals surface area contributed by atoms with Crippen molar-refractivity contribution in [2.24, 2.45) is 5.41 Å². The van der Waals surface area contributed by atoms with Crippen LogP contribution in [0.4, 0.5) is 10.9 Å².